The Bertz CT molecular complexity index is 1010. The van der Waals surface area contributed by atoms with Crippen LogP contribution in [0.2, 0.25) is 5.02 Å². The summed E-state index contributed by atoms with van der Waals surface area (Å²) in [6.07, 6.45) is -4.75. The lowest BCUT2D eigenvalue weighted by atomic mass is 10.0. The molecule has 0 aliphatic carbocycles. The number of alkyl halides is 3. The van der Waals surface area contributed by atoms with E-state index in [0.717, 1.165) is 5.39 Å². The van der Waals surface area contributed by atoms with Crippen molar-refractivity contribution >= 4 is 28.4 Å². The van der Waals surface area contributed by atoms with Crippen molar-refractivity contribution in [3.8, 4) is 16.9 Å². The van der Waals surface area contributed by atoms with Crippen LogP contribution in [-0.4, -0.2) is 16.8 Å². The van der Waals surface area contributed by atoms with Gasteiger partial charge in [-0.25, -0.2) is 0 Å². The second kappa shape index (κ2) is 6.25. The van der Waals surface area contributed by atoms with E-state index in [0.29, 0.717) is 32.9 Å². The van der Waals surface area contributed by atoms with Crippen molar-refractivity contribution in [3.05, 3.63) is 52.7 Å². The number of carbonyl (C=O) groups is 1. The van der Waals surface area contributed by atoms with Gasteiger partial charge in [-0.15, -0.1) is 13.2 Å². The van der Waals surface area contributed by atoms with Crippen LogP contribution in [0.25, 0.3) is 22.0 Å². The van der Waals surface area contributed by atoms with Gasteiger partial charge in [0, 0.05) is 23.0 Å². The molecule has 3 aromatic rings. The molecular weight excluding hydrogens is 369 g/mol. The maximum absolute atomic E-state index is 12.3. The molecule has 0 spiro atoms. The zero-order chi connectivity index (χ0) is 19.2. The number of nitrogens with two attached hydrogens (primary N) is 1. The fourth-order valence-electron chi connectivity index (χ4n) is 3.14. The number of amides is 1. The maximum atomic E-state index is 12.3. The minimum absolute atomic E-state index is 0.319. The molecule has 2 aromatic carbocycles. The molecule has 0 saturated carbocycles. The molecule has 0 unspecified atom stereocenters. The number of nitrogens with zero attached hydrogens (tertiary/aromatic N) is 1. The lowest BCUT2D eigenvalue weighted by Crippen LogP contribution is -2.17. The number of carbonyl (C=O) groups excluding carboxylic acids is 1. The average molecular weight is 383 g/mol. The van der Waals surface area contributed by atoms with Crippen molar-refractivity contribution in [1.29, 1.82) is 0 Å². The van der Waals surface area contributed by atoms with E-state index >= 15 is 0 Å². The van der Waals surface area contributed by atoms with Crippen molar-refractivity contribution < 1.29 is 22.7 Å². The topological polar surface area (TPSA) is 57.2 Å². The largest absolute Gasteiger partial charge is 0.573 e. The first kappa shape index (κ1) is 18.1. The van der Waals surface area contributed by atoms with E-state index in [-0.39, 0.29) is 5.75 Å². The number of benzene rings is 2. The number of hydrogen-bond donors (Lipinski definition) is 1. The van der Waals surface area contributed by atoms with E-state index in [2.05, 4.69) is 4.74 Å². The lowest BCUT2D eigenvalue weighted by Gasteiger charge is -2.11. The second-order valence-electron chi connectivity index (χ2n) is 5.82. The normalized spacial score (nSPS) is 11.8. The number of aryl methyl sites for hydroxylation is 2. The summed E-state index contributed by atoms with van der Waals surface area (Å²) in [6.45, 7) is 1.77. The summed E-state index contributed by atoms with van der Waals surface area (Å²) >= 11 is 6.21. The molecule has 0 bridgehead atoms. The van der Waals surface area contributed by atoms with Gasteiger partial charge in [-0.1, -0.05) is 23.7 Å². The van der Waals surface area contributed by atoms with E-state index in [4.69, 9.17) is 17.3 Å². The van der Waals surface area contributed by atoms with Crippen molar-refractivity contribution in [2.75, 3.05) is 0 Å². The van der Waals surface area contributed by atoms with E-state index in [1.807, 2.05) is 0 Å². The molecule has 1 heterocycles. The first-order valence-corrected chi connectivity index (χ1v) is 7.91. The third-order valence-electron chi connectivity index (χ3n) is 4.14. The molecule has 0 radical (unpaired) electrons. The number of aromatic nitrogens is 1. The number of primary amides is 1. The summed E-state index contributed by atoms with van der Waals surface area (Å²) in [5.41, 5.74) is 8.52. The monoisotopic (exact) mass is 382 g/mol. The highest BCUT2D eigenvalue weighted by atomic mass is 35.5. The van der Waals surface area contributed by atoms with Gasteiger partial charge in [-0.2, -0.15) is 0 Å². The van der Waals surface area contributed by atoms with E-state index in [9.17, 15) is 18.0 Å². The Hall–Kier alpha value is -2.67. The van der Waals surface area contributed by atoms with Crippen LogP contribution in [0.5, 0.6) is 5.75 Å². The van der Waals surface area contributed by atoms with Crippen LogP contribution in [0.3, 0.4) is 0 Å². The summed E-state index contributed by atoms with van der Waals surface area (Å²) in [4.78, 5) is 11.8. The Balaban J connectivity index is 2.19. The SMILES string of the molecule is Cc1c(C(N)=O)n(C)c2c(-c3ccc(OC(F)(F)F)cc3)cc(Cl)cc12. The van der Waals surface area contributed by atoms with Gasteiger partial charge in [0.05, 0.1) is 5.52 Å². The molecule has 0 aliphatic heterocycles. The third kappa shape index (κ3) is 3.22. The minimum Gasteiger partial charge on any atom is -0.406 e. The number of rotatable bonds is 3. The first-order valence-electron chi connectivity index (χ1n) is 7.53. The Kier molecular flexibility index (Phi) is 4.36. The van der Waals surface area contributed by atoms with Crippen molar-refractivity contribution in [1.82, 2.24) is 4.57 Å². The van der Waals surface area contributed by atoms with Crippen molar-refractivity contribution in [3.63, 3.8) is 0 Å². The van der Waals surface area contributed by atoms with Crippen LogP contribution >= 0.6 is 11.6 Å². The highest BCUT2D eigenvalue weighted by Crippen LogP contribution is 2.37. The van der Waals surface area contributed by atoms with Gasteiger partial charge < -0.3 is 15.0 Å². The smallest absolute Gasteiger partial charge is 0.406 e. The summed E-state index contributed by atoms with van der Waals surface area (Å²) in [5.74, 6) is -0.891. The van der Waals surface area contributed by atoms with Crippen LogP contribution < -0.4 is 10.5 Å². The summed E-state index contributed by atoms with van der Waals surface area (Å²) in [6, 6.07) is 8.86. The summed E-state index contributed by atoms with van der Waals surface area (Å²) in [5, 5.41) is 1.19. The highest BCUT2D eigenvalue weighted by Gasteiger charge is 2.31. The second-order valence-corrected chi connectivity index (χ2v) is 6.26. The van der Waals surface area contributed by atoms with Gasteiger partial charge in [0.25, 0.3) is 5.91 Å². The Morgan fingerprint density at radius 1 is 1.19 bits per heavy atom. The highest BCUT2D eigenvalue weighted by molar-refractivity contribution is 6.32. The van der Waals surface area contributed by atoms with Gasteiger partial charge in [-0.05, 0) is 42.3 Å². The van der Waals surface area contributed by atoms with Gasteiger partial charge in [0.1, 0.15) is 11.4 Å². The molecule has 26 heavy (non-hydrogen) atoms. The Morgan fingerprint density at radius 2 is 1.81 bits per heavy atom. The average Bonchev–Trinajstić information content (AvgIpc) is 2.77. The molecule has 2 N–H and O–H groups in total. The minimum atomic E-state index is -4.75. The number of fused-ring (bicyclic) bond motifs is 1. The summed E-state index contributed by atoms with van der Waals surface area (Å²) < 4.78 is 42.5. The predicted octanol–water partition coefficient (Wildman–Crippen LogP) is 4.80. The van der Waals surface area contributed by atoms with Crippen LogP contribution in [0.4, 0.5) is 13.2 Å². The zero-order valence-corrected chi connectivity index (χ0v) is 14.6. The number of ether oxygens (including phenoxy) is 1. The van der Waals surface area contributed by atoms with Crippen LogP contribution in [-0.2, 0) is 7.05 Å². The standard InChI is InChI=1S/C18H14ClF3N2O2/c1-9-13-7-11(19)8-14(16(13)24(2)15(9)17(23)25)10-3-5-12(6-4-10)26-18(20,21)22/h3-8H,1-2H3,(H2,23,25). The van der Waals surface area contributed by atoms with Crippen molar-refractivity contribution in [2.24, 2.45) is 12.8 Å². The van der Waals surface area contributed by atoms with Crippen LogP contribution in [0.15, 0.2) is 36.4 Å². The summed E-state index contributed by atoms with van der Waals surface area (Å²) in [7, 11) is 1.70. The van der Waals surface area contributed by atoms with Crippen molar-refractivity contribution in [2.45, 2.75) is 13.3 Å². The van der Waals surface area contributed by atoms with Gasteiger partial charge in [0.15, 0.2) is 0 Å². The third-order valence-corrected chi connectivity index (χ3v) is 4.36. The fourth-order valence-corrected chi connectivity index (χ4v) is 3.36. The Morgan fingerprint density at radius 3 is 2.35 bits per heavy atom. The molecule has 3 rings (SSSR count). The molecule has 4 nitrogen and oxygen atoms in total. The molecular formula is C18H14ClF3N2O2. The molecule has 0 saturated heterocycles. The van der Waals surface area contributed by atoms with E-state index in [1.54, 1.807) is 30.7 Å². The molecule has 1 amide bonds. The Labute approximate surface area is 151 Å². The molecule has 0 aliphatic rings. The predicted molar refractivity (Wildman–Crippen MR) is 93.3 cm³/mol. The van der Waals surface area contributed by atoms with E-state index < -0.39 is 12.3 Å². The lowest BCUT2D eigenvalue weighted by molar-refractivity contribution is -0.274. The first-order chi connectivity index (χ1) is 12.1. The van der Waals surface area contributed by atoms with Crippen LogP contribution in [0.1, 0.15) is 16.1 Å². The zero-order valence-electron chi connectivity index (χ0n) is 13.8. The van der Waals surface area contributed by atoms with E-state index in [1.165, 1.54) is 24.3 Å². The molecule has 0 atom stereocenters. The van der Waals surface area contributed by atoms with Gasteiger partial charge in [0.2, 0.25) is 0 Å². The maximum Gasteiger partial charge on any atom is 0.573 e. The molecule has 8 heteroatoms. The van der Waals surface area contributed by atoms with Gasteiger partial charge >= 0.3 is 6.36 Å². The van der Waals surface area contributed by atoms with Crippen LogP contribution in [0, 0.1) is 6.92 Å². The molecule has 136 valence electrons. The quantitative estimate of drug-likeness (QED) is 0.707. The molecule has 1 aromatic heterocycles. The fraction of sp³-hybridized carbons (Fsp3) is 0.167. The molecule has 0 fully saturated rings. The number of halogens is 4. The number of hydrogen-bond acceptors (Lipinski definition) is 2. The van der Waals surface area contributed by atoms with Gasteiger partial charge in [-0.3, -0.25) is 4.79 Å².